The zero-order valence-corrected chi connectivity index (χ0v) is 12.7. The second kappa shape index (κ2) is 5.55. The zero-order valence-electron chi connectivity index (χ0n) is 11.8. The lowest BCUT2D eigenvalue weighted by molar-refractivity contribution is 0.251. The number of benzene rings is 1. The van der Waals surface area contributed by atoms with Crippen molar-refractivity contribution in [1.82, 2.24) is 9.21 Å². The van der Waals surface area contributed by atoms with Crippen LogP contribution < -0.4 is 5.73 Å². The second-order valence-electron chi connectivity index (χ2n) is 5.73. The summed E-state index contributed by atoms with van der Waals surface area (Å²) in [6, 6.07) is 3.74. The van der Waals surface area contributed by atoms with Crippen molar-refractivity contribution in [1.29, 1.82) is 0 Å². The minimum Gasteiger partial charge on any atom is -0.398 e. The number of anilines is 1. The van der Waals surface area contributed by atoms with Gasteiger partial charge in [0.2, 0.25) is 10.0 Å². The average molecular weight is 313 g/mol. The minimum absolute atomic E-state index is 0.00553. The fourth-order valence-electron chi connectivity index (χ4n) is 3.23. The molecule has 1 atom stereocenters. The summed E-state index contributed by atoms with van der Waals surface area (Å²) < 4.78 is 39.8. The Morgan fingerprint density at radius 2 is 1.90 bits per heavy atom. The van der Waals surface area contributed by atoms with Gasteiger partial charge in [-0.05, 0) is 50.6 Å². The molecule has 1 aromatic carbocycles. The molecule has 2 aliphatic heterocycles. The molecular weight excluding hydrogens is 293 g/mol. The van der Waals surface area contributed by atoms with Gasteiger partial charge in [-0.1, -0.05) is 0 Å². The van der Waals surface area contributed by atoms with E-state index in [1.165, 1.54) is 23.2 Å². The molecule has 1 aromatic rings. The molecule has 0 amide bonds. The number of hydrogen-bond acceptors (Lipinski definition) is 4. The van der Waals surface area contributed by atoms with Gasteiger partial charge in [0.1, 0.15) is 10.7 Å². The lowest BCUT2D eigenvalue weighted by Gasteiger charge is -2.23. The SMILES string of the molecule is Nc1cc(F)ccc1S(=O)(=O)N1CCC(N2CCCC2)C1. The molecule has 2 aliphatic rings. The Labute approximate surface area is 124 Å². The summed E-state index contributed by atoms with van der Waals surface area (Å²) in [5.41, 5.74) is 5.65. The molecule has 1 unspecified atom stereocenters. The maximum atomic E-state index is 13.1. The first kappa shape index (κ1) is 14.7. The Hall–Kier alpha value is -1.18. The summed E-state index contributed by atoms with van der Waals surface area (Å²) >= 11 is 0. The smallest absolute Gasteiger partial charge is 0.245 e. The molecule has 0 bridgehead atoms. The van der Waals surface area contributed by atoms with Crippen molar-refractivity contribution in [3.05, 3.63) is 24.0 Å². The van der Waals surface area contributed by atoms with Crippen LogP contribution in [0.15, 0.2) is 23.1 Å². The second-order valence-corrected chi connectivity index (χ2v) is 7.64. The quantitative estimate of drug-likeness (QED) is 0.853. The summed E-state index contributed by atoms with van der Waals surface area (Å²) in [7, 11) is -3.63. The highest BCUT2D eigenvalue weighted by atomic mass is 32.2. The van der Waals surface area contributed by atoms with Gasteiger partial charge in [0, 0.05) is 19.1 Å². The third kappa shape index (κ3) is 2.77. The lowest BCUT2D eigenvalue weighted by Crippen LogP contribution is -2.37. The zero-order chi connectivity index (χ0) is 15.0. The van der Waals surface area contributed by atoms with Crippen LogP contribution >= 0.6 is 0 Å². The summed E-state index contributed by atoms with van der Waals surface area (Å²) in [5, 5.41) is 0. The van der Waals surface area contributed by atoms with Crippen molar-refractivity contribution >= 4 is 15.7 Å². The summed E-state index contributed by atoms with van der Waals surface area (Å²) in [4.78, 5) is 2.37. The number of nitrogen functional groups attached to an aromatic ring is 1. The van der Waals surface area contributed by atoms with Crippen LogP contribution in [-0.2, 0) is 10.0 Å². The molecule has 0 aliphatic carbocycles. The fourth-order valence-corrected chi connectivity index (χ4v) is 4.82. The Kier molecular flexibility index (Phi) is 3.90. The fraction of sp³-hybridized carbons (Fsp3) is 0.571. The molecular formula is C14H20FN3O2S. The van der Waals surface area contributed by atoms with E-state index >= 15 is 0 Å². The van der Waals surface area contributed by atoms with Gasteiger partial charge in [0.25, 0.3) is 0 Å². The predicted molar refractivity (Wildman–Crippen MR) is 78.8 cm³/mol. The van der Waals surface area contributed by atoms with Crippen LogP contribution in [-0.4, -0.2) is 49.8 Å². The van der Waals surface area contributed by atoms with E-state index in [-0.39, 0.29) is 10.6 Å². The summed E-state index contributed by atoms with van der Waals surface area (Å²) in [6.07, 6.45) is 3.22. The van der Waals surface area contributed by atoms with E-state index in [1.54, 1.807) is 0 Å². The van der Waals surface area contributed by atoms with E-state index in [1.807, 2.05) is 0 Å². The molecule has 0 radical (unpaired) electrons. The Balaban J connectivity index is 1.79. The Morgan fingerprint density at radius 1 is 1.19 bits per heavy atom. The van der Waals surface area contributed by atoms with E-state index < -0.39 is 15.8 Å². The molecule has 0 saturated carbocycles. The van der Waals surface area contributed by atoms with Crippen molar-refractivity contribution < 1.29 is 12.8 Å². The molecule has 116 valence electrons. The van der Waals surface area contributed by atoms with Crippen molar-refractivity contribution in [3.63, 3.8) is 0 Å². The van der Waals surface area contributed by atoms with E-state index in [0.717, 1.165) is 31.6 Å². The third-order valence-corrected chi connectivity index (χ3v) is 6.31. The van der Waals surface area contributed by atoms with Gasteiger partial charge in [-0.15, -0.1) is 0 Å². The first-order chi connectivity index (χ1) is 9.98. The van der Waals surface area contributed by atoms with Crippen LogP contribution in [0.3, 0.4) is 0 Å². The van der Waals surface area contributed by atoms with E-state index in [0.29, 0.717) is 19.1 Å². The van der Waals surface area contributed by atoms with E-state index in [4.69, 9.17) is 5.73 Å². The molecule has 2 heterocycles. The molecule has 21 heavy (non-hydrogen) atoms. The van der Waals surface area contributed by atoms with E-state index in [9.17, 15) is 12.8 Å². The average Bonchev–Trinajstić information content (AvgIpc) is 3.09. The lowest BCUT2D eigenvalue weighted by atomic mass is 10.2. The number of likely N-dealkylation sites (tertiary alicyclic amines) is 1. The van der Waals surface area contributed by atoms with Gasteiger partial charge in [-0.3, -0.25) is 4.90 Å². The normalized spacial score (nSPS) is 24.7. The van der Waals surface area contributed by atoms with Crippen molar-refractivity contribution in [2.75, 3.05) is 31.9 Å². The number of nitrogens with two attached hydrogens (primary N) is 1. The van der Waals surface area contributed by atoms with Gasteiger partial charge >= 0.3 is 0 Å². The monoisotopic (exact) mass is 313 g/mol. The molecule has 0 spiro atoms. The van der Waals surface area contributed by atoms with Gasteiger partial charge in [-0.25, -0.2) is 12.8 Å². The Morgan fingerprint density at radius 3 is 2.57 bits per heavy atom. The highest BCUT2D eigenvalue weighted by Crippen LogP contribution is 2.28. The van der Waals surface area contributed by atoms with Crippen LogP contribution in [0.25, 0.3) is 0 Å². The highest BCUT2D eigenvalue weighted by Gasteiger charge is 2.36. The van der Waals surface area contributed by atoms with E-state index in [2.05, 4.69) is 4.90 Å². The Bertz CT molecular complexity index is 629. The van der Waals surface area contributed by atoms with Crippen molar-refractivity contribution in [3.8, 4) is 0 Å². The number of sulfonamides is 1. The van der Waals surface area contributed by atoms with Crippen LogP contribution in [0, 0.1) is 5.82 Å². The van der Waals surface area contributed by atoms with Crippen molar-refractivity contribution in [2.45, 2.75) is 30.2 Å². The number of nitrogens with zero attached hydrogens (tertiary/aromatic N) is 2. The molecule has 7 heteroatoms. The van der Waals surface area contributed by atoms with Gasteiger partial charge in [0.15, 0.2) is 0 Å². The minimum atomic E-state index is -3.63. The van der Waals surface area contributed by atoms with Gasteiger partial charge in [-0.2, -0.15) is 4.31 Å². The molecule has 2 fully saturated rings. The summed E-state index contributed by atoms with van der Waals surface area (Å²) in [6.45, 7) is 3.11. The maximum Gasteiger partial charge on any atom is 0.245 e. The first-order valence-corrected chi connectivity index (χ1v) is 8.72. The van der Waals surface area contributed by atoms with Gasteiger partial charge < -0.3 is 5.73 Å². The number of halogens is 1. The number of rotatable bonds is 3. The first-order valence-electron chi connectivity index (χ1n) is 7.28. The molecule has 2 N–H and O–H groups in total. The predicted octanol–water partition coefficient (Wildman–Crippen LogP) is 1.27. The molecule has 2 saturated heterocycles. The molecule has 3 rings (SSSR count). The third-order valence-electron chi connectivity index (χ3n) is 4.37. The summed E-state index contributed by atoms with van der Waals surface area (Å²) in [5.74, 6) is -0.525. The molecule has 0 aromatic heterocycles. The molecule has 5 nitrogen and oxygen atoms in total. The van der Waals surface area contributed by atoms with Crippen LogP contribution in [0.1, 0.15) is 19.3 Å². The van der Waals surface area contributed by atoms with Crippen LogP contribution in [0.5, 0.6) is 0 Å². The van der Waals surface area contributed by atoms with Crippen LogP contribution in [0.2, 0.25) is 0 Å². The van der Waals surface area contributed by atoms with Gasteiger partial charge in [0.05, 0.1) is 5.69 Å². The highest BCUT2D eigenvalue weighted by molar-refractivity contribution is 7.89. The van der Waals surface area contributed by atoms with Crippen molar-refractivity contribution in [2.24, 2.45) is 0 Å². The standard InChI is InChI=1S/C14H20FN3O2S/c15-11-3-4-14(13(16)9-11)21(19,20)18-8-5-12(10-18)17-6-1-2-7-17/h3-4,9,12H,1-2,5-8,10,16H2. The number of hydrogen-bond donors (Lipinski definition) is 1. The topological polar surface area (TPSA) is 66.6 Å². The largest absolute Gasteiger partial charge is 0.398 e. The maximum absolute atomic E-state index is 13.1. The van der Waals surface area contributed by atoms with Crippen LogP contribution in [0.4, 0.5) is 10.1 Å².